The van der Waals surface area contributed by atoms with Gasteiger partial charge in [-0.25, -0.2) is 4.79 Å². The maximum absolute atomic E-state index is 12.2. The molecule has 0 aromatic heterocycles. The molecule has 0 heterocycles. The summed E-state index contributed by atoms with van der Waals surface area (Å²) in [6.07, 6.45) is 1.000. The summed E-state index contributed by atoms with van der Waals surface area (Å²) in [7, 11) is 0. The Bertz CT molecular complexity index is 682. The van der Waals surface area contributed by atoms with Crippen LogP contribution < -0.4 is 5.32 Å². The highest BCUT2D eigenvalue weighted by molar-refractivity contribution is 6.05. The second-order valence-electron chi connectivity index (χ2n) is 4.76. The van der Waals surface area contributed by atoms with E-state index in [9.17, 15) is 14.4 Å². The molecule has 5 heteroatoms. The van der Waals surface area contributed by atoms with E-state index in [4.69, 9.17) is 5.11 Å². The number of aldehydes is 1. The molecule has 0 aliphatic heterocycles. The molecule has 0 bridgehead atoms. The minimum Gasteiger partial charge on any atom is -0.478 e. The predicted molar refractivity (Wildman–Crippen MR) is 80.9 cm³/mol. The van der Waals surface area contributed by atoms with Crippen LogP contribution in [0.15, 0.2) is 54.6 Å². The van der Waals surface area contributed by atoms with Gasteiger partial charge in [0.15, 0.2) is 0 Å². The smallest absolute Gasteiger partial charge is 0.336 e. The normalized spacial score (nSPS) is 11.5. The largest absolute Gasteiger partial charge is 0.478 e. The van der Waals surface area contributed by atoms with Crippen LogP contribution >= 0.6 is 0 Å². The molecular weight excluding hydrogens is 282 g/mol. The van der Waals surface area contributed by atoms with Gasteiger partial charge in [0.05, 0.1) is 17.2 Å². The lowest BCUT2D eigenvalue weighted by Gasteiger charge is -2.14. The van der Waals surface area contributed by atoms with Crippen molar-refractivity contribution in [3.63, 3.8) is 0 Å². The van der Waals surface area contributed by atoms with E-state index in [1.807, 2.05) is 30.3 Å². The summed E-state index contributed by atoms with van der Waals surface area (Å²) in [5.74, 6) is -1.76. The third-order valence-electron chi connectivity index (χ3n) is 3.18. The number of nitrogens with one attached hydrogen (secondary N) is 1. The Hall–Kier alpha value is -2.95. The van der Waals surface area contributed by atoms with Gasteiger partial charge in [0.25, 0.3) is 5.91 Å². The van der Waals surface area contributed by atoms with E-state index < -0.39 is 17.9 Å². The molecule has 2 aromatic rings. The van der Waals surface area contributed by atoms with Crippen LogP contribution in [0.5, 0.6) is 0 Å². The molecule has 0 aliphatic carbocycles. The standard InChI is InChI=1S/C17H15NO4/c19-11-13(10-12-6-2-1-3-7-12)18-16(20)14-8-4-5-9-15(14)17(21)22/h1-9,11,13H,10H2,(H,18,20)(H,21,22)/t13-/m1/s1. The van der Waals surface area contributed by atoms with E-state index in [0.717, 1.165) is 5.56 Å². The minimum absolute atomic E-state index is 0.0370. The number of rotatable bonds is 6. The highest BCUT2D eigenvalue weighted by Gasteiger charge is 2.18. The number of amides is 1. The van der Waals surface area contributed by atoms with Gasteiger partial charge in [0.1, 0.15) is 6.29 Å². The Morgan fingerprint density at radius 1 is 1.00 bits per heavy atom. The molecule has 0 spiro atoms. The fourth-order valence-electron chi connectivity index (χ4n) is 2.11. The van der Waals surface area contributed by atoms with Crippen LogP contribution in [0.2, 0.25) is 0 Å². The summed E-state index contributed by atoms with van der Waals surface area (Å²) in [5.41, 5.74) is 0.852. The van der Waals surface area contributed by atoms with Gasteiger partial charge in [-0.05, 0) is 24.1 Å². The van der Waals surface area contributed by atoms with Crippen molar-refractivity contribution >= 4 is 18.2 Å². The Morgan fingerprint density at radius 3 is 2.18 bits per heavy atom. The van der Waals surface area contributed by atoms with Gasteiger partial charge in [-0.15, -0.1) is 0 Å². The number of aromatic carboxylic acids is 1. The van der Waals surface area contributed by atoms with Gasteiger partial charge in [0.2, 0.25) is 0 Å². The fraction of sp³-hybridized carbons (Fsp3) is 0.118. The third-order valence-corrected chi connectivity index (χ3v) is 3.18. The molecule has 1 atom stereocenters. The van der Waals surface area contributed by atoms with E-state index in [0.29, 0.717) is 12.7 Å². The second-order valence-corrected chi connectivity index (χ2v) is 4.76. The molecule has 2 aromatic carbocycles. The zero-order chi connectivity index (χ0) is 15.9. The molecule has 5 nitrogen and oxygen atoms in total. The van der Waals surface area contributed by atoms with E-state index >= 15 is 0 Å². The monoisotopic (exact) mass is 297 g/mol. The molecule has 22 heavy (non-hydrogen) atoms. The molecule has 0 radical (unpaired) electrons. The molecule has 0 saturated carbocycles. The van der Waals surface area contributed by atoms with Gasteiger partial charge in [-0.3, -0.25) is 4.79 Å². The maximum atomic E-state index is 12.2. The van der Waals surface area contributed by atoms with E-state index in [1.54, 1.807) is 12.1 Å². The number of carboxylic acid groups (broad SMARTS) is 1. The lowest BCUT2D eigenvalue weighted by atomic mass is 10.0. The van der Waals surface area contributed by atoms with Crippen LogP contribution in [0, 0.1) is 0 Å². The quantitative estimate of drug-likeness (QED) is 0.798. The first-order valence-corrected chi connectivity index (χ1v) is 6.74. The molecule has 2 rings (SSSR count). The van der Waals surface area contributed by atoms with Crippen LogP contribution in [-0.4, -0.2) is 29.3 Å². The van der Waals surface area contributed by atoms with Crippen molar-refractivity contribution in [2.75, 3.05) is 0 Å². The summed E-state index contributed by atoms with van der Waals surface area (Å²) in [4.78, 5) is 34.5. The number of benzene rings is 2. The highest BCUT2D eigenvalue weighted by Crippen LogP contribution is 2.10. The van der Waals surface area contributed by atoms with Crippen LogP contribution in [0.3, 0.4) is 0 Å². The summed E-state index contributed by atoms with van der Waals surface area (Å²) in [6, 6.07) is 14.4. The van der Waals surface area contributed by atoms with Crippen LogP contribution in [-0.2, 0) is 11.2 Å². The molecule has 0 saturated heterocycles. The highest BCUT2D eigenvalue weighted by atomic mass is 16.4. The third kappa shape index (κ3) is 3.79. The Morgan fingerprint density at radius 2 is 1.59 bits per heavy atom. The van der Waals surface area contributed by atoms with Gasteiger partial charge in [-0.2, -0.15) is 0 Å². The predicted octanol–water partition coefficient (Wildman–Crippen LogP) is 1.92. The van der Waals surface area contributed by atoms with Crippen LogP contribution in [0.1, 0.15) is 26.3 Å². The van der Waals surface area contributed by atoms with Gasteiger partial charge in [0, 0.05) is 0 Å². The minimum atomic E-state index is -1.18. The summed E-state index contributed by atoms with van der Waals surface area (Å²) in [6.45, 7) is 0. The van der Waals surface area contributed by atoms with Crippen LogP contribution in [0.25, 0.3) is 0 Å². The molecule has 0 aliphatic rings. The SMILES string of the molecule is O=C[C@@H](Cc1ccccc1)NC(=O)c1ccccc1C(=O)O. The van der Waals surface area contributed by atoms with E-state index in [1.165, 1.54) is 12.1 Å². The molecule has 2 N–H and O–H groups in total. The molecule has 0 unspecified atom stereocenters. The lowest BCUT2D eigenvalue weighted by Crippen LogP contribution is -2.38. The first-order chi connectivity index (χ1) is 10.6. The van der Waals surface area contributed by atoms with Crippen molar-refractivity contribution in [3.05, 3.63) is 71.3 Å². The Balaban J connectivity index is 2.13. The zero-order valence-corrected chi connectivity index (χ0v) is 11.7. The second kappa shape index (κ2) is 7.17. The topological polar surface area (TPSA) is 83.5 Å². The Kier molecular flexibility index (Phi) is 5.03. The summed E-state index contributed by atoms with van der Waals surface area (Å²) in [5, 5.41) is 11.6. The molecule has 0 fully saturated rings. The van der Waals surface area contributed by atoms with Crippen LogP contribution in [0.4, 0.5) is 0 Å². The van der Waals surface area contributed by atoms with Crippen molar-refractivity contribution in [1.29, 1.82) is 0 Å². The molecule has 112 valence electrons. The van der Waals surface area contributed by atoms with E-state index in [2.05, 4.69) is 5.32 Å². The van der Waals surface area contributed by atoms with Crippen molar-refractivity contribution in [2.24, 2.45) is 0 Å². The number of hydrogen-bond acceptors (Lipinski definition) is 3. The average Bonchev–Trinajstić information content (AvgIpc) is 2.55. The number of carboxylic acids is 1. The number of carbonyl (C=O) groups excluding carboxylic acids is 2. The van der Waals surface area contributed by atoms with Crippen molar-refractivity contribution < 1.29 is 19.5 Å². The fourth-order valence-corrected chi connectivity index (χ4v) is 2.11. The first-order valence-electron chi connectivity index (χ1n) is 6.74. The van der Waals surface area contributed by atoms with Gasteiger partial charge in [-0.1, -0.05) is 42.5 Å². The van der Waals surface area contributed by atoms with Crippen molar-refractivity contribution in [2.45, 2.75) is 12.5 Å². The molecule has 1 amide bonds. The van der Waals surface area contributed by atoms with Crippen molar-refractivity contribution in [3.8, 4) is 0 Å². The lowest BCUT2D eigenvalue weighted by molar-refractivity contribution is -0.109. The summed E-state index contributed by atoms with van der Waals surface area (Å²) >= 11 is 0. The molecular formula is C17H15NO4. The Labute approximate surface area is 127 Å². The first kappa shape index (κ1) is 15.4. The summed E-state index contributed by atoms with van der Waals surface area (Å²) < 4.78 is 0. The van der Waals surface area contributed by atoms with Crippen molar-refractivity contribution in [1.82, 2.24) is 5.32 Å². The average molecular weight is 297 g/mol. The van der Waals surface area contributed by atoms with E-state index in [-0.39, 0.29) is 11.1 Å². The zero-order valence-electron chi connectivity index (χ0n) is 11.7. The maximum Gasteiger partial charge on any atom is 0.336 e. The number of hydrogen-bond donors (Lipinski definition) is 2. The van der Waals surface area contributed by atoms with Gasteiger partial charge < -0.3 is 15.2 Å². The van der Waals surface area contributed by atoms with Gasteiger partial charge >= 0.3 is 5.97 Å². The number of carbonyl (C=O) groups is 3.